The average molecular weight is 558 g/mol. The predicted octanol–water partition coefficient (Wildman–Crippen LogP) is 6.98. The van der Waals surface area contributed by atoms with Gasteiger partial charge in [0.05, 0.1) is 5.69 Å². The van der Waals surface area contributed by atoms with E-state index in [0.717, 1.165) is 28.9 Å². The van der Waals surface area contributed by atoms with Crippen LogP contribution in [0.5, 0.6) is 0 Å². The largest absolute Gasteiger partial charge is 0.420 e. The van der Waals surface area contributed by atoms with E-state index in [1.165, 1.54) is 0 Å². The van der Waals surface area contributed by atoms with Gasteiger partial charge in [-0.3, -0.25) is 0 Å². The smallest absolute Gasteiger partial charge is 0.303 e. The molecule has 2 bridgehead atoms. The van der Waals surface area contributed by atoms with E-state index in [2.05, 4.69) is 25.3 Å². The van der Waals surface area contributed by atoms with Crippen LogP contribution in [0.15, 0.2) is 30.6 Å². The second-order valence-corrected chi connectivity index (χ2v) is 8.46. The first kappa shape index (κ1) is 25.7. The van der Waals surface area contributed by atoms with E-state index in [1.807, 2.05) is 6.07 Å². The normalized spacial score (nSPS) is 18.9. The predicted molar refractivity (Wildman–Crippen MR) is 117 cm³/mol. The molecule has 0 radical (unpaired) electrons. The van der Waals surface area contributed by atoms with E-state index >= 15 is 0 Å². The molecule has 2 aliphatic heterocycles. The van der Waals surface area contributed by atoms with Gasteiger partial charge in [-0.05, 0) is 36.1 Å². The maximum atomic E-state index is 13.1. The maximum absolute atomic E-state index is 13.1. The number of rotatable bonds is 3. The summed E-state index contributed by atoms with van der Waals surface area (Å²) >= 11 is 11.5. The molecule has 0 saturated carbocycles. The summed E-state index contributed by atoms with van der Waals surface area (Å²) in [6.07, 6.45) is -6.76. The molecule has 5 rings (SSSR count). The molecule has 2 aromatic heterocycles. The third-order valence-corrected chi connectivity index (χ3v) is 6.27. The van der Waals surface area contributed by atoms with Gasteiger partial charge in [0, 0.05) is 24.5 Å². The lowest BCUT2D eigenvalue weighted by Gasteiger charge is -2.24. The van der Waals surface area contributed by atoms with Crippen LogP contribution in [0.3, 0.4) is 0 Å². The van der Waals surface area contributed by atoms with Gasteiger partial charge in [0.1, 0.15) is 21.4 Å². The van der Waals surface area contributed by atoms with E-state index in [9.17, 15) is 26.3 Å². The van der Waals surface area contributed by atoms with Gasteiger partial charge in [-0.1, -0.05) is 29.3 Å². The van der Waals surface area contributed by atoms with Crippen LogP contribution in [0.4, 0.5) is 43.9 Å². The van der Waals surface area contributed by atoms with Crippen molar-refractivity contribution < 1.29 is 26.3 Å². The molecule has 1 fully saturated rings. The third kappa shape index (κ3) is 4.59. The highest BCUT2D eigenvalue weighted by atomic mass is 35.5. The van der Waals surface area contributed by atoms with E-state index in [0.29, 0.717) is 18.1 Å². The number of anilines is 3. The molecular weight excluding hydrogens is 545 g/mol. The topological polar surface area (TPSA) is 66.8 Å². The summed E-state index contributed by atoms with van der Waals surface area (Å²) in [5.74, 6) is -0.741. The molecule has 186 valence electrons. The van der Waals surface area contributed by atoms with Crippen LogP contribution >= 0.6 is 35.6 Å². The Morgan fingerprint density at radius 2 is 1.29 bits per heavy atom. The van der Waals surface area contributed by atoms with Gasteiger partial charge < -0.3 is 5.32 Å². The monoisotopic (exact) mass is 556 g/mol. The SMILES string of the molecule is Cl.FC(F)(F)c1cnc(N(c2ccc3c(c2)[C@H]2CC[C@@H]3N2)c2ncc(C(F)(F)F)c(Cl)n2)nc1Cl. The molecule has 4 heterocycles. The van der Waals surface area contributed by atoms with Crippen molar-refractivity contribution in [2.24, 2.45) is 0 Å². The fourth-order valence-corrected chi connectivity index (χ4v) is 4.64. The fraction of sp³-hybridized carbons (Fsp3) is 0.300. The van der Waals surface area contributed by atoms with Gasteiger partial charge in [-0.25, -0.2) is 14.9 Å². The number of benzene rings is 1. The van der Waals surface area contributed by atoms with Crippen LogP contribution in [0.2, 0.25) is 10.3 Å². The minimum atomic E-state index is -4.80. The van der Waals surface area contributed by atoms with Gasteiger partial charge in [0.25, 0.3) is 0 Å². The lowest BCUT2D eigenvalue weighted by Crippen LogP contribution is -2.19. The van der Waals surface area contributed by atoms with E-state index in [-0.39, 0.29) is 36.4 Å². The molecule has 1 N–H and O–H groups in total. The summed E-state index contributed by atoms with van der Waals surface area (Å²) in [6, 6.07) is 5.47. The summed E-state index contributed by atoms with van der Waals surface area (Å²) in [4.78, 5) is 16.1. The molecule has 2 atom stereocenters. The highest BCUT2D eigenvalue weighted by Crippen LogP contribution is 2.47. The molecule has 2 aliphatic rings. The van der Waals surface area contributed by atoms with Gasteiger partial charge in [-0.2, -0.15) is 36.3 Å². The van der Waals surface area contributed by atoms with Crippen molar-refractivity contribution in [3.63, 3.8) is 0 Å². The Kier molecular flexibility index (Phi) is 6.54. The van der Waals surface area contributed by atoms with Crippen molar-refractivity contribution in [3.8, 4) is 0 Å². The summed E-state index contributed by atoms with van der Waals surface area (Å²) in [6.45, 7) is 0. The number of hydrogen-bond donors (Lipinski definition) is 1. The Bertz CT molecular complexity index is 1220. The van der Waals surface area contributed by atoms with Crippen LogP contribution in [0.1, 0.15) is 47.2 Å². The Labute approximate surface area is 210 Å². The number of fused-ring (bicyclic) bond motifs is 5. The minimum Gasteiger partial charge on any atom is -0.303 e. The van der Waals surface area contributed by atoms with Gasteiger partial charge in [-0.15, -0.1) is 12.4 Å². The second kappa shape index (κ2) is 8.91. The minimum absolute atomic E-state index is 0. The van der Waals surface area contributed by atoms with Crippen LogP contribution < -0.4 is 10.2 Å². The Morgan fingerprint density at radius 1 is 0.800 bits per heavy atom. The third-order valence-electron chi connectivity index (χ3n) is 5.70. The summed E-state index contributed by atoms with van der Waals surface area (Å²) in [5.41, 5.74) is -0.188. The number of nitrogens with one attached hydrogen (secondary N) is 1. The lowest BCUT2D eigenvalue weighted by atomic mass is 9.91. The highest BCUT2D eigenvalue weighted by Gasteiger charge is 2.39. The van der Waals surface area contributed by atoms with Crippen molar-refractivity contribution in [2.75, 3.05) is 4.90 Å². The first-order chi connectivity index (χ1) is 15.9. The Morgan fingerprint density at radius 3 is 1.74 bits per heavy atom. The molecule has 35 heavy (non-hydrogen) atoms. The van der Waals surface area contributed by atoms with E-state index < -0.39 is 33.8 Å². The second-order valence-electron chi connectivity index (χ2n) is 7.74. The Balaban J connectivity index is 0.00000289. The molecular formula is C20H13Cl3F6N6. The van der Waals surface area contributed by atoms with Crippen molar-refractivity contribution in [2.45, 2.75) is 37.3 Å². The van der Waals surface area contributed by atoms with E-state index in [4.69, 9.17) is 23.2 Å². The molecule has 3 aromatic rings. The number of halogens is 9. The maximum Gasteiger partial charge on any atom is 0.420 e. The number of nitrogens with zero attached hydrogens (tertiary/aromatic N) is 5. The first-order valence-corrected chi connectivity index (χ1v) is 10.6. The average Bonchev–Trinajstić information content (AvgIpc) is 3.35. The van der Waals surface area contributed by atoms with Crippen molar-refractivity contribution in [1.29, 1.82) is 0 Å². The van der Waals surface area contributed by atoms with Gasteiger partial charge in [0.15, 0.2) is 0 Å². The standard InChI is InChI=1S/C20H12Cl2F6N6.ClH/c21-15-11(19(23,24)25)6-29-17(32-15)34(18-30-7-12(16(22)33-18)20(26,27)28)8-1-2-9-10(5-8)14-4-3-13(9)31-14;/h1-2,5-7,13-14,31H,3-4H2;1H/t13-,14+;/m0./s1. The highest BCUT2D eigenvalue weighted by molar-refractivity contribution is 6.30. The van der Waals surface area contributed by atoms with Crippen molar-refractivity contribution in [1.82, 2.24) is 25.3 Å². The van der Waals surface area contributed by atoms with Crippen LogP contribution in [0, 0.1) is 0 Å². The molecule has 6 nitrogen and oxygen atoms in total. The van der Waals surface area contributed by atoms with Crippen molar-refractivity contribution >= 4 is 53.2 Å². The van der Waals surface area contributed by atoms with Crippen molar-refractivity contribution in [3.05, 3.63) is 63.2 Å². The molecule has 0 spiro atoms. The lowest BCUT2D eigenvalue weighted by molar-refractivity contribution is -0.138. The first-order valence-electron chi connectivity index (χ1n) is 9.83. The van der Waals surface area contributed by atoms with E-state index in [1.54, 1.807) is 12.1 Å². The number of hydrogen-bond acceptors (Lipinski definition) is 6. The summed E-state index contributed by atoms with van der Waals surface area (Å²) < 4.78 is 78.8. The number of aromatic nitrogens is 4. The summed E-state index contributed by atoms with van der Waals surface area (Å²) in [5, 5.41) is 1.66. The van der Waals surface area contributed by atoms with Crippen LogP contribution in [-0.4, -0.2) is 19.9 Å². The molecule has 15 heteroatoms. The fourth-order valence-electron chi connectivity index (χ4n) is 4.17. The van der Waals surface area contributed by atoms with Crippen LogP contribution in [-0.2, 0) is 12.4 Å². The zero-order valence-electron chi connectivity index (χ0n) is 17.1. The zero-order chi connectivity index (χ0) is 24.4. The van der Waals surface area contributed by atoms with Gasteiger partial charge >= 0.3 is 12.4 Å². The molecule has 1 aromatic carbocycles. The molecule has 0 amide bonds. The number of alkyl halides is 6. The summed E-state index contributed by atoms with van der Waals surface area (Å²) in [7, 11) is 0. The van der Waals surface area contributed by atoms with Gasteiger partial charge in [0.2, 0.25) is 11.9 Å². The molecule has 1 saturated heterocycles. The Hall–Kier alpha value is -2.41. The van der Waals surface area contributed by atoms with Crippen LogP contribution in [0.25, 0.3) is 0 Å². The molecule has 0 unspecified atom stereocenters. The molecule has 0 aliphatic carbocycles. The zero-order valence-corrected chi connectivity index (χ0v) is 19.5. The quantitative estimate of drug-likeness (QED) is 0.277.